The highest BCUT2D eigenvalue weighted by atomic mass is 16.5. The van der Waals surface area contributed by atoms with Crippen LogP contribution in [0.1, 0.15) is 15.9 Å². The summed E-state index contributed by atoms with van der Waals surface area (Å²) in [6.45, 7) is 4.12. The van der Waals surface area contributed by atoms with Crippen molar-refractivity contribution < 1.29 is 14.3 Å². The minimum absolute atomic E-state index is 0.141. The summed E-state index contributed by atoms with van der Waals surface area (Å²) in [6, 6.07) is 16.3. The van der Waals surface area contributed by atoms with Gasteiger partial charge >= 0.3 is 5.97 Å². The number of nitrogens with zero attached hydrogens (tertiary/aromatic N) is 1. The molecule has 4 heteroatoms. The molecule has 0 N–H and O–H groups in total. The molecule has 0 heterocycles. The van der Waals surface area contributed by atoms with E-state index in [0.29, 0.717) is 12.1 Å². The van der Waals surface area contributed by atoms with E-state index >= 15 is 0 Å². The first-order valence-corrected chi connectivity index (χ1v) is 7.49. The Morgan fingerprint density at radius 1 is 1.08 bits per heavy atom. The Kier molecular flexibility index (Phi) is 6.08. The van der Waals surface area contributed by atoms with Crippen LogP contribution in [0.4, 0.5) is 5.69 Å². The minimum Gasteiger partial charge on any atom is -0.465 e. The van der Waals surface area contributed by atoms with Crippen molar-refractivity contribution in [2.45, 2.75) is 0 Å². The van der Waals surface area contributed by atoms with E-state index in [0.717, 1.165) is 11.3 Å². The topological polar surface area (TPSA) is 46.6 Å². The summed E-state index contributed by atoms with van der Waals surface area (Å²) in [5.41, 5.74) is 2.11. The summed E-state index contributed by atoms with van der Waals surface area (Å²) in [5, 5.41) is 0. The van der Waals surface area contributed by atoms with Crippen molar-refractivity contribution >= 4 is 23.6 Å². The SMILES string of the molecule is C=CCN(C(=O)/C=C/c1ccc(C(=O)OC)cc1)c1ccccc1. The van der Waals surface area contributed by atoms with E-state index in [1.54, 1.807) is 41.3 Å². The lowest BCUT2D eigenvalue weighted by Crippen LogP contribution is -2.29. The van der Waals surface area contributed by atoms with Crippen LogP contribution in [0.5, 0.6) is 0 Å². The predicted octanol–water partition coefficient (Wildman–Crippen LogP) is 3.71. The van der Waals surface area contributed by atoms with Crippen LogP contribution in [0.15, 0.2) is 73.3 Å². The predicted molar refractivity (Wildman–Crippen MR) is 95.8 cm³/mol. The molecule has 0 aliphatic carbocycles. The first kappa shape index (κ1) is 17.2. The molecule has 0 spiro atoms. The molecule has 0 fully saturated rings. The molecule has 0 bridgehead atoms. The zero-order chi connectivity index (χ0) is 17.4. The number of para-hydroxylation sites is 1. The summed E-state index contributed by atoms with van der Waals surface area (Å²) in [6.07, 6.45) is 4.90. The van der Waals surface area contributed by atoms with Crippen LogP contribution < -0.4 is 4.90 Å². The normalized spacial score (nSPS) is 10.4. The van der Waals surface area contributed by atoms with Gasteiger partial charge in [0.1, 0.15) is 0 Å². The van der Waals surface area contributed by atoms with Gasteiger partial charge in [-0.05, 0) is 35.9 Å². The fourth-order valence-corrected chi connectivity index (χ4v) is 2.17. The molecule has 0 saturated heterocycles. The number of hydrogen-bond donors (Lipinski definition) is 0. The van der Waals surface area contributed by atoms with Crippen LogP contribution in [0.3, 0.4) is 0 Å². The molecule has 24 heavy (non-hydrogen) atoms. The van der Waals surface area contributed by atoms with E-state index in [4.69, 9.17) is 0 Å². The van der Waals surface area contributed by atoms with Crippen LogP contribution in [-0.2, 0) is 9.53 Å². The smallest absolute Gasteiger partial charge is 0.337 e. The summed E-state index contributed by atoms with van der Waals surface area (Å²) in [5.74, 6) is -0.527. The Hall–Kier alpha value is -3.14. The van der Waals surface area contributed by atoms with Crippen molar-refractivity contribution in [1.29, 1.82) is 0 Å². The lowest BCUT2D eigenvalue weighted by atomic mass is 10.1. The van der Waals surface area contributed by atoms with Crippen molar-refractivity contribution in [2.24, 2.45) is 0 Å². The second-order valence-corrected chi connectivity index (χ2v) is 5.02. The van der Waals surface area contributed by atoms with E-state index in [1.807, 2.05) is 30.3 Å². The van der Waals surface area contributed by atoms with Crippen molar-refractivity contribution in [3.05, 3.63) is 84.5 Å². The molecule has 2 rings (SSSR count). The van der Waals surface area contributed by atoms with Gasteiger partial charge in [-0.15, -0.1) is 6.58 Å². The van der Waals surface area contributed by atoms with Crippen molar-refractivity contribution in [2.75, 3.05) is 18.6 Å². The van der Waals surface area contributed by atoms with Crippen molar-refractivity contribution in [3.8, 4) is 0 Å². The quantitative estimate of drug-likeness (QED) is 0.463. The number of anilines is 1. The Morgan fingerprint density at radius 2 is 1.75 bits per heavy atom. The van der Waals surface area contributed by atoms with Crippen molar-refractivity contribution in [1.82, 2.24) is 0 Å². The largest absolute Gasteiger partial charge is 0.465 e. The fraction of sp³-hybridized carbons (Fsp3) is 0.100. The number of benzene rings is 2. The molecule has 2 aromatic rings. The Morgan fingerprint density at radius 3 is 2.33 bits per heavy atom. The van der Waals surface area contributed by atoms with Gasteiger partial charge < -0.3 is 9.64 Å². The number of methoxy groups -OCH3 is 1. The lowest BCUT2D eigenvalue weighted by molar-refractivity contribution is -0.114. The molecule has 0 aliphatic heterocycles. The van der Waals surface area contributed by atoms with Crippen molar-refractivity contribution in [3.63, 3.8) is 0 Å². The molecule has 0 aromatic heterocycles. The minimum atomic E-state index is -0.386. The number of carbonyl (C=O) groups is 2. The molecule has 0 radical (unpaired) electrons. The van der Waals surface area contributed by atoms with E-state index in [2.05, 4.69) is 11.3 Å². The first-order chi connectivity index (χ1) is 11.7. The third-order valence-corrected chi connectivity index (χ3v) is 3.40. The number of hydrogen-bond acceptors (Lipinski definition) is 3. The summed E-state index contributed by atoms with van der Waals surface area (Å²) < 4.78 is 4.65. The molecule has 0 saturated carbocycles. The van der Waals surface area contributed by atoms with Gasteiger partial charge in [-0.2, -0.15) is 0 Å². The molecule has 2 aromatic carbocycles. The molecule has 4 nitrogen and oxygen atoms in total. The third kappa shape index (κ3) is 4.43. The van der Waals surface area contributed by atoms with Gasteiger partial charge in [0, 0.05) is 18.3 Å². The maximum atomic E-state index is 12.4. The van der Waals surface area contributed by atoms with E-state index in [1.165, 1.54) is 13.2 Å². The summed E-state index contributed by atoms with van der Waals surface area (Å²) in [7, 11) is 1.34. The summed E-state index contributed by atoms with van der Waals surface area (Å²) in [4.78, 5) is 25.5. The molecule has 122 valence electrons. The highest BCUT2D eigenvalue weighted by molar-refractivity contribution is 6.04. The number of esters is 1. The van der Waals surface area contributed by atoms with Gasteiger partial charge in [0.2, 0.25) is 0 Å². The van der Waals surface area contributed by atoms with Gasteiger partial charge in [-0.3, -0.25) is 4.79 Å². The Labute approximate surface area is 141 Å². The van der Waals surface area contributed by atoms with Gasteiger partial charge in [-0.25, -0.2) is 4.79 Å². The van der Waals surface area contributed by atoms with Crippen LogP contribution in [0.2, 0.25) is 0 Å². The summed E-state index contributed by atoms with van der Waals surface area (Å²) >= 11 is 0. The second-order valence-electron chi connectivity index (χ2n) is 5.02. The second kappa shape index (κ2) is 8.48. The van der Waals surface area contributed by atoms with Crippen LogP contribution in [0.25, 0.3) is 6.08 Å². The molecular formula is C20H19NO3. The number of rotatable bonds is 6. The van der Waals surface area contributed by atoms with Crippen LogP contribution in [-0.4, -0.2) is 25.5 Å². The third-order valence-electron chi connectivity index (χ3n) is 3.40. The van der Waals surface area contributed by atoms with Gasteiger partial charge in [0.15, 0.2) is 0 Å². The maximum absolute atomic E-state index is 12.4. The Balaban J connectivity index is 2.12. The van der Waals surface area contributed by atoms with E-state index in [-0.39, 0.29) is 11.9 Å². The standard InChI is InChI=1S/C20H19NO3/c1-3-15-21(18-7-5-4-6-8-18)19(22)14-11-16-9-12-17(13-10-16)20(23)24-2/h3-14H,1,15H2,2H3/b14-11+. The van der Waals surface area contributed by atoms with Gasteiger partial charge in [0.05, 0.1) is 12.7 Å². The maximum Gasteiger partial charge on any atom is 0.337 e. The number of ether oxygens (including phenoxy) is 1. The zero-order valence-electron chi connectivity index (χ0n) is 13.5. The molecule has 0 atom stereocenters. The monoisotopic (exact) mass is 321 g/mol. The molecule has 0 aliphatic rings. The highest BCUT2D eigenvalue weighted by Crippen LogP contribution is 2.14. The number of carbonyl (C=O) groups excluding carboxylic acids is 2. The average molecular weight is 321 g/mol. The van der Waals surface area contributed by atoms with Crippen LogP contribution >= 0.6 is 0 Å². The number of amides is 1. The fourth-order valence-electron chi connectivity index (χ4n) is 2.17. The van der Waals surface area contributed by atoms with Crippen LogP contribution in [0, 0.1) is 0 Å². The zero-order valence-corrected chi connectivity index (χ0v) is 13.5. The molecule has 0 unspecified atom stereocenters. The molecular weight excluding hydrogens is 302 g/mol. The molecule has 1 amide bonds. The lowest BCUT2D eigenvalue weighted by Gasteiger charge is -2.19. The Bertz CT molecular complexity index is 733. The highest BCUT2D eigenvalue weighted by Gasteiger charge is 2.11. The van der Waals surface area contributed by atoms with Gasteiger partial charge in [-0.1, -0.05) is 36.4 Å². The van der Waals surface area contributed by atoms with Gasteiger partial charge in [0.25, 0.3) is 5.91 Å². The van der Waals surface area contributed by atoms with E-state index in [9.17, 15) is 9.59 Å². The first-order valence-electron chi connectivity index (χ1n) is 7.49. The van der Waals surface area contributed by atoms with E-state index < -0.39 is 0 Å². The average Bonchev–Trinajstić information content (AvgIpc) is 2.64.